The number of nitrogens with zero attached hydrogens (tertiary/aromatic N) is 1. The van der Waals surface area contributed by atoms with Crippen molar-refractivity contribution in [2.75, 3.05) is 17.7 Å². The molecule has 2 rings (SSSR count). The fourth-order valence-corrected chi connectivity index (χ4v) is 1.88. The molecule has 0 saturated heterocycles. The Labute approximate surface area is 121 Å². The van der Waals surface area contributed by atoms with E-state index < -0.39 is 4.92 Å². The number of carbonyl (C=O) groups excluding carboxylic acids is 1. The van der Waals surface area contributed by atoms with Crippen LogP contribution in [0.1, 0.15) is 15.9 Å². The van der Waals surface area contributed by atoms with E-state index in [0.29, 0.717) is 16.9 Å². The molecule has 0 aromatic heterocycles. The number of anilines is 2. The fraction of sp³-hybridized carbons (Fsp3) is 0.133. The van der Waals surface area contributed by atoms with E-state index in [1.54, 1.807) is 31.3 Å². The van der Waals surface area contributed by atoms with Crippen LogP contribution in [-0.2, 0) is 0 Å². The highest BCUT2D eigenvalue weighted by atomic mass is 16.6. The van der Waals surface area contributed by atoms with Crippen LogP contribution in [0.5, 0.6) is 0 Å². The Hall–Kier alpha value is -2.89. The van der Waals surface area contributed by atoms with Crippen LogP contribution in [0.3, 0.4) is 0 Å². The first-order valence-corrected chi connectivity index (χ1v) is 6.35. The zero-order valence-electron chi connectivity index (χ0n) is 11.7. The quantitative estimate of drug-likeness (QED) is 0.667. The number of nitro groups is 1. The minimum Gasteiger partial charge on any atom is -0.383 e. The van der Waals surface area contributed by atoms with Crippen molar-refractivity contribution >= 4 is 23.0 Å². The van der Waals surface area contributed by atoms with Crippen LogP contribution in [0.15, 0.2) is 42.5 Å². The van der Waals surface area contributed by atoms with E-state index in [4.69, 9.17) is 0 Å². The van der Waals surface area contributed by atoms with E-state index in [1.807, 2.05) is 19.1 Å². The van der Waals surface area contributed by atoms with Gasteiger partial charge >= 0.3 is 0 Å². The average Bonchev–Trinajstić information content (AvgIpc) is 2.47. The molecule has 0 aliphatic carbocycles. The van der Waals surface area contributed by atoms with Crippen molar-refractivity contribution in [2.45, 2.75) is 6.92 Å². The molecule has 108 valence electrons. The molecule has 0 spiro atoms. The number of benzene rings is 2. The Morgan fingerprint density at radius 2 is 1.81 bits per heavy atom. The summed E-state index contributed by atoms with van der Waals surface area (Å²) in [5.74, 6) is -0.304. The molecule has 1 amide bonds. The van der Waals surface area contributed by atoms with Gasteiger partial charge in [-0.1, -0.05) is 17.7 Å². The number of nitrogens with one attached hydrogen (secondary N) is 2. The Balaban J connectivity index is 2.23. The Morgan fingerprint density at radius 1 is 1.14 bits per heavy atom. The van der Waals surface area contributed by atoms with Gasteiger partial charge in [-0.15, -0.1) is 0 Å². The summed E-state index contributed by atoms with van der Waals surface area (Å²) >= 11 is 0. The summed E-state index contributed by atoms with van der Waals surface area (Å²) < 4.78 is 0. The van der Waals surface area contributed by atoms with E-state index in [-0.39, 0.29) is 11.6 Å². The molecule has 0 aliphatic heterocycles. The van der Waals surface area contributed by atoms with Gasteiger partial charge < -0.3 is 10.6 Å². The molecule has 21 heavy (non-hydrogen) atoms. The summed E-state index contributed by atoms with van der Waals surface area (Å²) in [6, 6.07) is 11.6. The zero-order valence-corrected chi connectivity index (χ0v) is 11.7. The number of rotatable bonds is 4. The zero-order chi connectivity index (χ0) is 15.4. The van der Waals surface area contributed by atoms with Crippen LogP contribution >= 0.6 is 0 Å². The van der Waals surface area contributed by atoms with E-state index in [2.05, 4.69) is 10.6 Å². The summed E-state index contributed by atoms with van der Waals surface area (Å²) in [6.45, 7) is 1.93. The van der Waals surface area contributed by atoms with Gasteiger partial charge in [-0.05, 0) is 31.2 Å². The van der Waals surface area contributed by atoms with Crippen LogP contribution < -0.4 is 10.6 Å². The first-order valence-electron chi connectivity index (χ1n) is 6.35. The number of hydrogen-bond donors (Lipinski definition) is 2. The lowest BCUT2D eigenvalue weighted by atomic mass is 10.1. The first-order chi connectivity index (χ1) is 10.0. The highest BCUT2D eigenvalue weighted by Gasteiger charge is 2.15. The molecular weight excluding hydrogens is 270 g/mol. The van der Waals surface area contributed by atoms with Crippen LogP contribution in [0.4, 0.5) is 17.1 Å². The molecule has 0 atom stereocenters. The fourth-order valence-electron chi connectivity index (χ4n) is 1.88. The van der Waals surface area contributed by atoms with Crippen molar-refractivity contribution < 1.29 is 9.72 Å². The molecule has 6 nitrogen and oxygen atoms in total. The molecule has 2 aromatic carbocycles. The van der Waals surface area contributed by atoms with Crippen molar-refractivity contribution in [3.8, 4) is 0 Å². The van der Waals surface area contributed by atoms with Gasteiger partial charge in [0.2, 0.25) is 0 Å². The van der Waals surface area contributed by atoms with E-state index in [0.717, 1.165) is 5.56 Å². The number of carbonyl (C=O) groups is 1. The number of amides is 1. The Kier molecular flexibility index (Phi) is 4.18. The highest BCUT2D eigenvalue weighted by Crippen LogP contribution is 2.27. The maximum absolute atomic E-state index is 12.1. The second-order valence-electron chi connectivity index (χ2n) is 4.56. The maximum atomic E-state index is 12.1. The second kappa shape index (κ2) is 6.04. The van der Waals surface area contributed by atoms with Gasteiger partial charge in [0, 0.05) is 24.4 Å². The van der Waals surface area contributed by atoms with Crippen LogP contribution in [-0.4, -0.2) is 17.9 Å². The van der Waals surface area contributed by atoms with E-state index in [9.17, 15) is 14.9 Å². The molecule has 2 aromatic rings. The maximum Gasteiger partial charge on any atom is 0.294 e. The molecule has 0 fully saturated rings. The Bertz CT molecular complexity index is 681. The van der Waals surface area contributed by atoms with Gasteiger partial charge in [0.05, 0.1) is 4.92 Å². The number of hydrogen-bond acceptors (Lipinski definition) is 4. The van der Waals surface area contributed by atoms with Crippen molar-refractivity contribution in [2.24, 2.45) is 0 Å². The summed E-state index contributed by atoms with van der Waals surface area (Å²) in [5, 5.41) is 16.4. The minimum absolute atomic E-state index is 0.0841. The van der Waals surface area contributed by atoms with Crippen molar-refractivity contribution in [1.82, 2.24) is 0 Å². The molecular formula is C15H15N3O3. The van der Waals surface area contributed by atoms with Crippen molar-refractivity contribution in [1.29, 1.82) is 0 Å². The third kappa shape index (κ3) is 3.36. The second-order valence-corrected chi connectivity index (χ2v) is 4.56. The average molecular weight is 285 g/mol. The summed E-state index contributed by atoms with van der Waals surface area (Å²) in [5.41, 5.74) is 2.25. The standard InChI is InChI=1S/C15H15N3O3/c1-10-3-5-11(6-4-10)15(19)17-12-7-8-13(16-2)14(9-12)18(20)21/h3-9,16H,1-2H3,(H,17,19). The van der Waals surface area contributed by atoms with Crippen molar-refractivity contribution in [3.05, 3.63) is 63.7 Å². The third-order valence-electron chi connectivity index (χ3n) is 3.04. The van der Waals surface area contributed by atoms with Crippen molar-refractivity contribution in [3.63, 3.8) is 0 Å². The molecule has 0 saturated carbocycles. The smallest absolute Gasteiger partial charge is 0.294 e. The molecule has 6 heteroatoms. The lowest BCUT2D eigenvalue weighted by Gasteiger charge is -2.07. The summed E-state index contributed by atoms with van der Waals surface area (Å²) in [4.78, 5) is 22.6. The molecule has 0 bridgehead atoms. The van der Waals surface area contributed by atoms with Gasteiger partial charge in [-0.2, -0.15) is 0 Å². The lowest BCUT2D eigenvalue weighted by molar-refractivity contribution is -0.383. The van der Waals surface area contributed by atoms with Gasteiger partial charge in [-0.25, -0.2) is 0 Å². The number of aryl methyl sites for hydroxylation is 1. The Morgan fingerprint density at radius 3 is 2.38 bits per heavy atom. The van der Waals surface area contributed by atoms with E-state index in [1.165, 1.54) is 6.07 Å². The molecule has 0 aliphatic rings. The summed E-state index contributed by atoms with van der Waals surface area (Å²) in [7, 11) is 1.60. The van der Waals surface area contributed by atoms with Crippen LogP contribution in [0.25, 0.3) is 0 Å². The molecule has 0 radical (unpaired) electrons. The normalized spacial score (nSPS) is 10.0. The predicted molar refractivity (Wildman–Crippen MR) is 81.8 cm³/mol. The monoisotopic (exact) mass is 285 g/mol. The highest BCUT2D eigenvalue weighted by molar-refractivity contribution is 6.04. The lowest BCUT2D eigenvalue weighted by Crippen LogP contribution is -2.12. The molecule has 0 unspecified atom stereocenters. The van der Waals surface area contributed by atoms with Gasteiger partial charge in [0.25, 0.3) is 11.6 Å². The van der Waals surface area contributed by atoms with Gasteiger partial charge in [0.1, 0.15) is 5.69 Å². The number of nitro benzene ring substituents is 1. The third-order valence-corrected chi connectivity index (χ3v) is 3.04. The summed E-state index contributed by atoms with van der Waals surface area (Å²) in [6.07, 6.45) is 0. The van der Waals surface area contributed by atoms with Crippen LogP contribution in [0.2, 0.25) is 0 Å². The van der Waals surface area contributed by atoms with Crippen LogP contribution in [0, 0.1) is 17.0 Å². The molecule has 0 heterocycles. The topological polar surface area (TPSA) is 84.3 Å². The van der Waals surface area contributed by atoms with E-state index >= 15 is 0 Å². The predicted octanol–water partition coefficient (Wildman–Crippen LogP) is 3.20. The van der Waals surface area contributed by atoms with Gasteiger partial charge in [-0.3, -0.25) is 14.9 Å². The molecule has 2 N–H and O–H groups in total. The minimum atomic E-state index is -0.493. The SMILES string of the molecule is CNc1ccc(NC(=O)c2ccc(C)cc2)cc1[N+](=O)[O-]. The first kappa shape index (κ1) is 14.5. The largest absolute Gasteiger partial charge is 0.383 e. The van der Waals surface area contributed by atoms with Gasteiger partial charge in [0.15, 0.2) is 0 Å².